The Balaban J connectivity index is 0.00000154. The number of hydrogen-bond donors (Lipinski definition) is 0. The van der Waals surface area contributed by atoms with E-state index in [0.717, 1.165) is 5.92 Å². The predicted molar refractivity (Wildman–Crippen MR) is 81.9 cm³/mol. The van der Waals surface area contributed by atoms with E-state index in [1.807, 2.05) is 6.08 Å². The molecule has 0 aromatic carbocycles. The van der Waals surface area contributed by atoms with Gasteiger partial charge in [0.2, 0.25) is 0 Å². The van der Waals surface area contributed by atoms with Crippen LogP contribution in [0.5, 0.6) is 0 Å². The van der Waals surface area contributed by atoms with E-state index in [0.29, 0.717) is 12.3 Å². The van der Waals surface area contributed by atoms with Crippen molar-refractivity contribution in [1.29, 1.82) is 0 Å². The Kier molecular flexibility index (Phi) is 9.87. The first-order valence-electron chi connectivity index (χ1n) is 7.07. The zero-order valence-corrected chi connectivity index (χ0v) is 12.7. The van der Waals surface area contributed by atoms with E-state index in [1.54, 1.807) is 0 Å². The lowest BCUT2D eigenvalue weighted by atomic mass is 9.79. The summed E-state index contributed by atoms with van der Waals surface area (Å²) in [6, 6.07) is 0. The number of methoxy groups -OCH3 is 1. The minimum Gasteiger partial charge on any atom is -0.469 e. The molecule has 0 aliphatic heterocycles. The van der Waals surface area contributed by atoms with Crippen molar-refractivity contribution < 1.29 is 9.53 Å². The van der Waals surface area contributed by atoms with E-state index in [1.165, 1.54) is 38.4 Å². The van der Waals surface area contributed by atoms with E-state index in [2.05, 4.69) is 43.9 Å². The molecular formula is C17H28O2. The number of carbonyl (C=O) groups excluding carboxylic acids is 1. The SMILES string of the molecule is C/C=C(\C=C/CC(=O)OC)C1CCC(C)CC1.C=C. The zero-order chi connectivity index (χ0) is 14.7. The van der Waals surface area contributed by atoms with Gasteiger partial charge in [0.1, 0.15) is 0 Å². The highest BCUT2D eigenvalue weighted by atomic mass is 16.5. The van der Waals surface area contributed by atoms with Crippen molar-refractivity contribution in [3.63, 3.8) is 0 Å². The van der Waals surface area contributed by atoms with E-state index in [4.69, 9.17) is 0 Å². The molecule has 0 atom stereocenters. The Morgan fingerprint density at radius 1 is 1.26 bits per heavy atom. The van der Waals surface area contributed by atoms with Gasteiger partial charge in [-0.05, 0) is 37.2 Å². The molecule has 1 aliphatic carbocycles. The molecule has 1 aliphatic rings. The van der Waals surface area contributed by atoms with Crippen LogP contribution in [-0.4, -0.2) is 13.1 Å². The molecule has 0 aromatic rings. The Morgan fingerprint density at radius 3 is 2.32 bits per heavy atom. The first kappa shape index (κ1) is 17.7. The maximum Gasteiger partial charge on any atom is 0.309 e. The molecule has 19 heavy (non-hydrogen) atoms. The molecular weight excluding hydrogens is 236 g/mol. The van der Waals surface area contributed by atoms with Gasteiger partial charge in [-0.15, -0.1) is 13.2 Å². The predicted octanol–water partition coefficient (Wildman–Crippen LogP) is 4.68. The fourth-order valence-corrected chi connectivity index (χ4v) is 2.44. The molecule has 0 spiro atoms. The normalized spacial score (nSPS) is 23.6. The Bertz CT molecular complexity index is 307. The molecule has 0 aromatic heterocycles. The van der Waals surface area contributed by atoms with Crippen LogP contribution in [0, 0.1) is 11.8 Å². The summed E-state index contributed by atoms with van der Waals surface area (Å²) in [7, 11) is 1.43. The highest BCUT2D eigenvalue weighted by molar-refractivity contribution is 5.71. The van der Waals surface area contributed by atoms with E-state index >= 15 is 0 Å². The summed E-state index contributed by atoms with van der Waals surface area (Å²) in [6.45, 7) is 10.4. The number of carbonyl (C=O) groups is 1. The molecule has 2 heteroatoms. The lowest BCUT2D eigenvalue weighted by Crippen LogP contribution is -2.13. The van der Waals surface area contributed by atoms with Crippen LogP contribution in [0.2, 0.25) is 0 Å². The summed E-state index contributed by atoms with van der Waals surface area (Å²) in [4.78, 5) is 11.0. The molecule has 0 radical (unpaired) electrons. The highest BCUT2D eigenvalue weighted by Gasteiger charge is 2.19. The van der Waals surface area contributed by atoms with Crippen LogP contribution in [0.15, 0.2) is 37.0 Å². The number of hydrogen-bond acceptors (Lipinski definition) is 2. The van der Waals surface area contributed by atoms with Crippen molar-refractivity contribution in [2.24, 2.45) is 11.8 Å². The molecule has 0 amide bonds. The van der Waals surface area contributed by atoms with E-state index in [9.17, 15) is 4.79 Å². The highest BCUT2D eigenvalue weighted by Crippen LogP contribution is 2.33. The van der Waals surface area contributed by atoms with Gasteiger partial charge in [0.25, 0.3) is 0 Å². The van der Waals surface area contributed by atoms with Gasteiger partial charge in [-0.1, -0.05) is 38.0 Å². The Hall–Kier alpha value is -1.31. The molecule has 0 bridgehead atoms. The number of ether oxygens (including phenoxy) is 1. The van der Waals surface area contributed by atoms with Crippen molar-refractivity contribution in [1.82, 2.24) is 0 Å². The molecule has 1 rings (SSSR count). The van der Waals surface area contributed by atoms with Crippen LogP contribution >= 0.6 is 0 Å². The molecule has 2 nitrogen and oxygen atoms in total. The monoisotopic (exact) mass is 264 g/mol. The van der Waals surface area contributed by atoms with Gasteiger partial charge < -0.3 is 4.74 Å². The quantitative estimate of drug-likeness (QED) is 0.418. The van der Waals surface area contributed by atoms with Crippen molar-refractivity contribution in [3.05, 3.63) is 37.0 Å². The van der Waals surface area contributed by atoms with Crippen molar-refractivity contribution in [2.75, 3.05) is 7.11 Å². The summed E-state index contributed by atoms with van der Waals surface area (Å²) in [5.41, 5.74) is 1.38. The minimum absolute atomic E-state index is 0.172. The van der Waals surface area contributed by atoms with Crippen molar-refractivity contribution in [2.45, 2.75) is 46.0 Å². The number of rotatable bonds is 4. The van der Waals surface area contributed by atoms with Gasteiger partial charge in [0, 0.05) is 0 Å². The Labute approximate surface area is 118 Å². The maximum absolute atomic E-state index is 11.0. The zero-order valence-electron chi connectivity index (χ0n) is 12.7. The topological polar surface area (TPSA) is 26.3 Å². The molecule has 1 saturated carbocycles. The third kappa shape index (κ3) is 7.00. The van der Waals surface area contributed by atoms with Gasteiger partial charge in [-0.3, -0.25) is 4.79 Å². The van der Waals surface area contributed by atoms with Crippen molar-refractivity contribution in [3.8, 4) is 0 Å². The van der Waals surface area contributed by atoms with Crippen LogP contribution < -0.4 is 0 Å². The fraction of sp³-hybridized carbons (Fsp3) is 0.588. The average molecular weight is 264 g/mol. The molecule has 1 fully saturated rings. The third-order valence-corrected chi connectivity index (χ3v) is 3.64. The Morgan fingerprint density at radius 2 is 1.84 bits per heavy atom. The lowest BCUT2D eigenvalue weighted by Gasteiger charge is -2.27. The van der Waals surface area contributed by atoms with Gasteiger partial charge in [0.05, 0.1) is 13.5 Å². The van der Waals surface area contributed by atoms with Crippen LogP contribution in [0.4, 0.5) is 0 Å². The minimum atomic E-state index is -0.172. The van der Waals surface area contributed by atoms with E-state index < -0.39 is 0 Å². The smallest absolute Gasteiger partial charge is 0.309 e. The summed E-state index contributed by atoms with van der Waals surface area (Å²) < 4.78 is 4.62. The summed E-state index contributed by atoms with van der Waals surface area (Å²) in [5, 5.41) is 0. The third-order valence-electron chi connectivity index (χ3n) is 3.64. The van der Waals surface area contributed by atoms with Gasteiger partial charge in [-0.25, -0.2) is 0 Å². The molecule has 0 heterocycles. The van der Waals surface area contributed by atoms with Crippen LogP contribution in [0.3, 0.4) is 0 Å². The summed E-state index contributed by atoms with van der Waals surface area (Å²) in [5.74, 6) is 1.39. The van der Waals surface area contributed by atoms with Crippen LogP contribution in [0.25, 0.3) is 0 Å². The second-order valence-corrected chi connectivity index (χ2v) is 4.93. The fourth-order valence-electron chi connectivity index (χ4n) is 2.44. The van der Waals surface area contributed by atoms with Crippen molar-refractivity contribution >= 4 is 5.97 Å². The summed E-state index contributed by atoms with van der Waals surface area (Å²) >= 11 is 0. The molecule has 0 unspecified atom stereocenters. The van der Waals surface area contributed by atoms with Crippen LogP contribution in [-0.2, 0) is 9.53 Å². The molecule has 0 N–H and O–H groups in total. The van der Waals surface area contributed by atoms with Gasteiger partial charge in [-0.2, -0.15) is 0 Å². The maximum atomic E-state index is 11.0. The number of esters is 1. The number of allylic oxidation sites excluding steroid dienone is 3. The first-order chi connectivity index (χ1) is 9.17. The summed E-state index contributed by atoms with van der Waals surface area (Å²) in [6.07, 6.45) is 11.8. The van der Waals surface area contributed by atoms with E-state index in [-0.39, 0.29) is 5.97 Å². The second-order valence-electron chi connectivity index (χ2n) is 4.93. The standard InChI is InChI=1S/C15H24O2.C2H4/c1-4-13(6-5-7-15(16)17-3)14-10-8-12(2)9-11-14;1-2/h4-6,12,14H,7-11H2,1-3H3;1-2H2/b6-5-,13-4+;. The van der Waals surface area contributed by atoms with Gasteiger partial charge in [0.15, 0.2) is 0 Å². The average Bonchev–Trinajstić information content (AvgIpc) is 2.46. The molecule has 0 saturated heterocycles. The van der Waals surface area contributed by atoms with Crippen LogP contribution in [0.1, 0.15) is 46.0 Å². The first-order valence-corrected chi connectivity index (χ1v) is 7.07. The second kappa shape index (κ2) is 10.6. The molecule has 108 valence electrons. The van der Waals surface area contributed by atoms with Gasteiger partial charge >= 0.3 is 5.97 Å². The lowest BCUT2D eigenvalue weighted by molar-refractivity contribution is -0.139. The largest absolute Gasteiger partial charge is 0.469 e.